The molecule has 0 saturated carbocycles. The smallest absolute Gasteiger partial charge is 0.311 e. The lowest BCUT2D eigenvalue weighted by Gasteiger charge is -2.32. The second-order valence-electron chi connectivity index (χ2n) is 10.2. The lowest BCUT2D eigenvalue weighted by molar-refractivity contribution is 0.0666. The number of halogens is 1. The number of likely N-dealkylation sites (tertiary alicyclic amines) is 2. The maximum atomic E-state index is 13.9. The summed E-state index contributed by atoms with van der Waals surface area (Å²) < 4.78 is 7.20. The van der Waals surface area contributed by atoms with Crippen molar-refractivity contribution in [2.24, 2.45) is 0 Å². The van der Waals surface area contributed by atoms with Gasteiger partial charge in [-0.15, -0.1) is 10.2 Å². The Kier molecular flexibility index (Phi) is 6.91. The molecule has 4 aromatic rings. The van der Waals surface area contributed by atoms with Crippen molar-refractivity contribution < 1.29 is 14.0 Å². The summed E-state index contributed by atoms with van der Waals surface area (Å²) in [5, 5.41) is 13.0. The normalized spacial score (nSPS) is 18.1. The Bertz CT molecular complexity index is 1470. The summed E-state index contributed by atoms with van der Waals surface area (Å²) >= 11 is 6.15. The summed E-state index contributed by atoms with van der Waals surface area (Å²) in [4.78, 5) is 30.4. The van der Waals surface area contributed by atoms with E-state index in [0.717, 1.165) is 17.8 Å². The molecule has 6 rings (SSSR count). The SMILES string of the molecule is Cc1nnc(C(=O)N2CCC(c3c(C(=O)N4CC[C@H](c5ccccc5)C4)cnn3-c3ccc(Cl)cc3)CC2)o1. The molecule has 2 amide bonds. The van der Waals surface area contributed by atoms with Crippen molar-refractivity contribution in [3.63, 3.8) is 0 Å². The molecule has 0 N–H and O–H groups in total. The minimum absolute atomic E-state index is 0.00323. The average molecular weight is 545 g/mol. The maximum absolute atomic E-state index is 13.9. The van der Waals surface area contributed by atoms with Gasteiger partial charge in [-0.1, -0.05) is 41.9 Å². The van der Waals surface area contributed by atoms with E-state index in [1.807, 2.05) is 52.0 Å². The van der Waals surface area contributed by atoms with Gasteiger partial charge in [0.2, 0.25) is 5.89 Å². The second kappa shape index (κ2) is 10.6. The first-order chi connectivity index (χ1) is 19.0. The van der Waals surface area contributed by atoms with Gasteiger partial charge < -0.3 is 14.2 Å². The van der Waals surface area contributed by atoms with Crippen LogP contribution in [0.3, 0.4) is 0 Å². The van der Waals surface area contributed by atoms with Gasteiger partial charge in [0.15, 0.2) is 0 Å². The monoisotopic (exact) mass is 544 g/mol. The summed E-state index contributed by atoms with van der Waals surface area (Å²) in [6.07, 6.45) is 4.00. The van der Waals surface area contributed by atoms with Crippen LogP contribution in [0.4, 0.5) is 0 Å². The fourth-order valence-corrected chi connectivity index (χ4v) is 5.82. The van der Waals surface area contributed by atoms with E-state index in [-0.39, 0.29) is 23.6 Å². The molecule has 0 radical (unpaired) electrons. The molecule has 2 fully saturated rings. The summed E-state index contributed by atoms with van der Waals surface area (Å²) in [5.41, 5.74) is 3.61. The topological polar surface area (TPSA) is 97.4 Å². The number of piperidine rings is 1. The molecule has 0 bridgehead atoms. The van der Waals surface area contributed by atoms with E-state index in [1.165, 1.54) is 5.56 Å². The Morgan fingerprint density at radius 3 is 2.26 bits per heavy atom. The number of amides is 2. The summed E-state index contributed by atoms with van der Waals surface area (Å²) in [7, 11) is 0. The van der Waals surface area contributed by atoms with E-state index in [2.05, 4.69) is 27.4 Å². The van der Waals surface area contributed by atoms with Crippen LogP contribution in [-0.2, 0) is 0 Å². The van der Waals surface area contributed by atoms with Gasteiger partial charge in [-0.05, 0) is 49.1 Å². The number of carbonyl (C=O) groups is 2. The van der Waals surface area contributed by atoms with Crippen molar-refractivity contribution in [1.29, 1.82) is 0 Å². The van der Waals surface area contributed by atoms with Gasteiger partial charge in [-0.3, -0.25) is 9.59 Å². The first-order valence-corrected chi connectivity index (χ1v) is 13.6. The quantitative estimate of drug-likeness (QED) is 0.356. The van der Waals surface area contributed by atoms with Gasteiger partial charge in [0.1, 0.15) is 0 Å². The third-order valence-corrected chi connectivity index (χ3v) is 7.98. The molecule has 39 heavy (non-hydrogen) atoms. The van der Waals surface area contributed by atoms with Crippen LogP contribution in [0.15, 0.2) is 65.2 Å². The number of aromatic nitrogens is 4. The summed E-state index contributed by atoms with van der Waals surface area (Å²) in [5.74, 6) is 0.481. The van der Waals surface area contributed by atoms with Gasteiger partial charge in [0, 0.05) is 50.0 Å². The Hall–Kier alpha value is -3.98. The molecular weight excluding hydrogens is 516 g/mol. The summed E-state index contributed by atoms with van der Waals surface area (Å²) in [6.45, 7) is 4.09. The van der Waals surface area contributed by atoms with E-state index in [9.17, 15) is 9.59 Å². The average Bonchev–Trinajstić information content (AvgIpc) is 3.73. The highest BCUT2D eigenvalue weighted by molar-refractivity contribution is 6.30. The van der Waals surface area contributed by atoms with E-state index in [0.29, 0.717) is 61.4 Å². The lowest BCUT2D eigenvalue weighted by atomic mass is 9.90. The lowest BCUT2D eigenvalue weighted by Crippen LogP contribution is -2.39. The molecule has 2 aromatic carbocycles. The fourth-order valence-electron chi connectivity index (χ4n) is 5.69. The Morgan fingerprint density at radius 2 is 1.56 bits per heavy atom. The molecule has 200 valence electrons. The molecule has 0 unspecified atom stereocenters. The Balaban J connectivity index is 1.26. The Morgan fingerprint density at radius 1 is 0.872 bits per heavy atom. The highest BCUT2D eigenvalue weighted by atomic mass is 35.5. The zero-order valence-corrected chi connectivity index (χ0v) is 22.4. The van der Waals surface area contributed by atoms with Crippen LogP contribution in [0.25, 0.3) is 5.69 Å². The van der Waals surface area contributed by atoms with E-state index in [1.54, 1.807) is 18.0 Å². The zero-order valence-electron chi connectivity index (χ0n) is 21.7. The molecule has 2 aromatic heterocycles. The van der Waals surface area contributed by atoms with Crippen LogP contribution in [-0.4, -0.2) is 67.8 Å². The van der Waals surface area contributed by atoms with Crippen LogP contribution in [0.5, 0.6) is 0 Å². The third-order valence-electron chi connectivity index (χ3n) is 7.73. The van der Waals surface area contributed by atoms with E-state index >= 15 is 0 Å². The molecule has 4 heterocycles. The molecule has 0 spiro atoms. The van der Waals surface area contributed by atoms with E-state index < -0.39 is 0 Å². The number of hydrogen-bond donors (Lipinski definition) is 0. The largest absolute Gasteiger partial charge is 0.417 e. The van der Waals surface area contributed by atoms with Gasteiger partial charge >= 0.3 is 11.8 Å². The fraction of sp³-hybridized carbons (Fsp3) is 0.345. The number of nitrogens with zero attached hydrogens (tertiary/aromatic N) is 6. The van der Waals surface area contributed by atoms with E-state index in [4.69, 9.17) is 16.0 Å². The van der Waals surface area contributed by atoms with Crippen molar-refractivity contribution in [3.05, 3.63) is 94.4 Å². The first kappa shape index (κ1) is 25.3. The molecule has 10 heteroatoms. The minimum Gasteiger partial charge on any atom is -0.417 e. The predicted molar refractivity (Wildman–Crippen MR) is 145 cm³/mol. The standard InChI is InChI=1S/C29H29ClN6O3/c1-19-32-33-27(39-19)29(38)34-14-11-21(12-15-34)26-25(17-31-36(26)24-9-7-23(30)8-10-24)28(37)35-16-13-22(18-35)20-5-3-2-4-6-20/h2-10,17,21-22H,11-16,18H2,1H3/t22-/m0/s1. The van der Waals surface area contributed by atoms with Crippen LogP contribution in [0, 0.1) is 6.92 Å². The minimum atomic E-state index is -0.263. The van der Waals surface area contributed by atoms with Gasteiger partial charge in [0.25, 0.3) is 5.91 Å². The van der Waals surface area contributed by atoms with Crippen LogP contribution in [0.1, 0.15) is 69.3 Å². The van der Waals surface area contributed by atoms with Crippen molar-refractivity contribution in [2.45, 2.75) is 38.0 Å². The van der Waals surface area contributed by atoms with Crippen molar-refractivity contribution in [2.75, 3.05) is 26.2 Å². The maximum Gasteiger partial charge on any atom is 0.311 e. The molecule has 2 aliphatic rings. The molecule has 9 nitrogen and oxygen atoms in total. The number of aryl methyl sites for hydroxylation is 1. The Labute approximate surface area is 231 Å². The molecular formula is C29H29ClN6O3. The zero-order chi connectivity index (χ0) is 26.9. The number of hydrogen-bond acceptors (Lipinski definition) is 6. The first-order valence-electron chi connectivity index (χ1n) is 13.3. The highest BCUT2D eigenvalue weighted by Crippen LogP contribution is 2.35. The van der Waals surface area contributed by atoms with Gasteiger partial charge in [0.05, 0.1) is 23.1 Å². The van der Waals surface area contributed by atoms with Gasteiger partial charge in [-0.2, -0.15) is 5.10 Å². The van der Waals surface area contributed by atoms with Crippen LogP contribution < -0.4 is 0 Å². The second-order valence-corrected chi connectivity index (χ2v) is 10.6. The number of rotatable bonds is 5. The van der Waals surface area contributed by atoms with Crippen molar-refractivity contribution >= 4 is 23.4 Å². The number of benzene rings is 2. The molecule has 2 aliphatic heterocycles. The highest BCUT2D eigenvalue weighted by Gasteiger charge is 2.35. The molecule has 1 atom stereocenters. The molecule has 2 saturated heterocycles. The third kappa shape index (κ3) is 5.06. The summed E-state index contributed by atoms with van der Waals surface area (Å²) in [6, 6.07) is 17.8. The molecule has 0 aliphatic carbocycles. The number of carbonyl (C=O) groups excluding carboxylic acids is 2. The van der Waals surface area contributed by atoms with Crippen LogP contribution in [0.2, 0.25) is 5.02 Å². The van der Waals surface area contributed by atoms with Crippen molar-refractivity contribution in [1.82, 2.24) is 29.8 Å². The predicted octanol–water partition coefficient (Wildman–Crippen LogP) is 4.87. The van der Waals surface area contributed by atoms with Crippen LogP contribution >= 0.6 is 11.6 Å². The van der Waals surface area contributed by atoms with Crippen molar-refractivity contribution in [3.8, 4) is 5.69 Å². The van der Waals surface area contributed by atoms with Gasteiger partial charge in [-0.25, -0.2) is 4.68 Å².